The Morgan fingerprint density at radius 2 is 2.05 bits per heavy atom. The number of benzene rings is 1. The summed E-state index contributed by atoms with van der Waals surface area (Å²) in [6, 6.07) is 8.20. The summed E-state index contributed by atoms with van der Waals surface area (Å²) in [6.07, 6.45) is 1.95. The molecule has 1 fully saturated rings. The molecule has 0 aliphatic carbocycles. The fourth-order valence-electron chi connectivity index (χ4n) is 2.71. The Hall–Kier alpha value is -1.84. The molecule has 0 spiro atoms. The minimum atomic E-state index is -0.917. The van der Waals surface area contributed by atoms with E-state index in [1.165, 1.54) is 11.1 Å². The zero-order valence-corrected chi connectivity index (χ0v) is 11.1. The molecule has 1 amide bonds. The molecule has 0 saturated carbocycles. The summed E-state index contributed by atoms with van der Waals surface area (Å²) < 4.78 is 0. The third-order valence-corrected chi connectivity index (χ3v) is 3.67. The summed E-state index contributed by atoms with van der Waals surface area (Å²) in [7, 11) is 0. The van der Waals surface area contributed by atoms with Crippen LogP contribution >= 0.6 is 0 Å². The van der Waals surface area contributed by atoms with Crippen LogP contribution in [0.5, 0.6) is 0 Å². The predicted molar refractivity (Wildman–Crippen MR) is 71.7 cm³/mol. The van der Waals surface area contributed by atoms with Gasteiger partial charge in [0.15, 0.2) is 0 Å². The number of likely N-dealkylation sites (tertiary alicyclic amines) is 1. The van der Waals surface area contributed by atoms with Crippen molar-refractivity contribution in [3.63, 3.8) is 0 Å². The third-order valence-electron chi connectivity index (χ3n) is 3.67. The maximum atomic E-state index is 12.1. The number of rotatable bonds is 4. The van der Waals surface area contributed by atoms with Crippen LogP contribution in [0.4, 0.5) is 0 Å². The molecule has 2 rings (SSSR count). The average molecular weight is 261 g/mol. The molecule has 0 radical (unpaired) electrons. The van der Waals surface area contributed by atoms with Gasteiger partial charge in [0, 0.05) is 13.0 Å². The van der Waals surface area contributed by atoms with Gasteiger partial charge in [-0.1, -0.05) is 24.3 Å². The molecule has 1 aliphatic rings. The second-order valence-corrected chi connectivity index (χ2v) is 5.00. The van der Waals surface area contributed by atoms with Gasteiger partial charge in [0.1, 0.15) is 0 Å². The Bertz CT molecular complexity index is 484. The highest BCUT2D eigenvalue weighted by molar-refractivity contribution is 5.81. The molecule has 1 atom stereocenters. The standard InChI is InChI=1S/C15H19NO3/c1-11-5-2-3-6-12(11)13-7-4-10-16(13)14(17)8-9-15(18)19/h2-3,5-6,13H,4,7-10H2,1H3,(H,18,19). The zero-order chi connectivity index (χ0) is 13.8. The minimum Gasteiger partial charge on any atom is -0.481 e. The second-order valence-electron chi connectivity index (χ2n) is 5.00. The molecule has 1 aliphatic heterocycles. The molecule has 1 N–H and O–H groups in total. The van der Waals surface area contributed by atoms with Crippen LogP contribution < -0.4 is 0 Å². The Morgan fingerprint density at radius 1 is 1.32 bits per heavy atom. The van der Waals surface area contributed by atoms with E-state index in [-0.39, 0.29) is 24.8 Å². The third kappa shape index (κ3) is 3.13. The molecule has 0 bridgehead atoms. The van der Waals surface area contributed by atoms with Gasteiger partial charge in [-0.15, -0.1) is 0 Å². The van der Waals surface area contributed by atoms with Crippen LogP contribution in [0.2, 0.25) is 0 Å². The highest BCUT2D eigenvalue weighted by Gasteiger charge is 2.30. The van der Waals surface area contributed by atoms with Crippen LogP contribution in [-0.4, -0.2) is 28.4 Å². The number of carbonyl (C=O) groups is 2. The van der Waals surface area contributed by atoms with E-state index in [1.54, 1.807) is 0 Å². The first-order valence-corrected chi connectivity index (χ1v) is 6.66. The highest BCUT2D eigenvalue weighted by Crippen LogP contribution is 2.34. The summed E-state index contributed by atoms with van der Waals surface area (Å²) in [6.45, 7) is 2.78. The number of nitrogens with zero attached hydrogens (tertiary/aromatic N) is 1. The molecule has 19 heavy (non-hydrogen) atoms. The van der Waals surface area contributed by atoms with Crippen molar-refractivity contribution in [3.8, 4) is 0 Å². The molecule has 1 unspecified atom stereocenters. The van der Waals surface area contributed by atoms with Crippen molar-refractivity contribution in [2.45, 2.75) is 38.6 Å². The maximum Gasteiger partial charge on any atom is 0.303 e. The molecule has 102 valence electrons. The number of carboxylic acid groups (broad SMARTS) is 1. The van der Waals surface area contributed by atoms with Crippen molar-refractivity contribution < 1.29 is 14.7 Å². The fourth-order valence-corrected chi connectivity index (χ4v) is 2.71. The summed E-state index contributed by atoms with van der Waals surface area (Å²) in [5.41, 5.74) is 2.37. The molecule has 1 saturated heterocycles. The van der Waals surface area contributed by atoms with Crippen LogP contribution in [0.3, 0.4) is 0 Å². The van der Waals surface area contributed by atoms with Gasteiger partial charge in [0.05, 0.1) is 12.5 Å². The van der Waals surface area contributed by atoms with Gasteiger partial charge >= 0.3 is 5.97 Å². The minimum absolute atomic E-state index is 0.0480. The smallest absolute Gasteiger partial charge is 0.303 e. The molecule has 4 heteroatoms. The summed E-state index contributed by atoms with van der Waals surface area (Å²) in [5, 5.41) is 8.66. The molecule has 1 aromatic carbocycles. The van der Waals surface area contributed by atoms with Gasteiger partial charge in [0.25, 0.3) is 0 Å². The first kappa shape index (κ1) is 13.6. The predicted octanol–water partition coefficient (Wildman–Crippen LogP) is 2.52. The lowest BCUT2D eigenvalue weighted by molar-refractivity contribution is -0.141. The van der Waals surface area contributed by atoms with E-state index in [2.05, 4.69) is 6.07 Å². The number of hydrogen-bond acceptors (Lipinski definition) is 2. The normalized spacial score (nSPS) is 18.6. The molecular formula is C15H19NO3. The van der Waals surface area contributed by atoms with E-state index < -0.39 is 5.97 Å². The number of hydrogen-bond donors (Lipinski definition) is 1. The van der Waals surface area contributed by atoms with Crippen molar-refractivity contribution in [1.29, 1.82) is 0 Å². The quantitative estimate of drug-likeness (QED) is 0.906. The molecular weight excluding hydrogens is 242 g/mol. The SMILES string of the molecule is Cc1ccccc1C1CCCN1C(=O)CCC(=O)O. The van der Waals surface area contributed by atoms with Crippen LogP contribution in [0.1, 0.15) is 42.9 Å². The van der Waals surface area contributed by atoms with Crippen molar-refractivity contribution in [1.82, 2.24) is 4.90 Å². The van der Waals surface area contributed by atoms with E-state index >= 15 is 0 Å². The zero-order valence-electron chi connectivity index (χ0n) is 11.1. The van der Waals surface area contributed by atoms with E-state index in [1.807, 2.05) is 30.0 Å². The van der Waals surface area contributed by atoms with E-state index in [0.717, 1.165) is 19.4 Å². The summed E-state index contributed by atoms with van der Waals surface area (Å²) in [4.78, 5) is 24.5. The average Bonchev–Trinajstić information content (AvgIpc) is 2.85. The first-order valence-electron chi connectivity index (χ1n) is 6.66. The van der Waals surface area contributed by atoms with Crippen LogP contribution in [0, 0.1) is 6.92 Å². The number of carboxylic acids is 1. The fraction of sp³-hybridized carbons (Fsp3) is 0.467. The molecule has 1 aromatic rings. The Balaban J connectivity index is 2.11. The maximum absolute atomic E-state index is 12.1. The summed E-state index contributed by atoms with van der Waals surface area (Å²) >= 11 is 0. The van der Waals surface area contributed by atoms with Crippen molar-refractivity contribution in [3.05, 3.63) is 35.4 Å². The molecule has 4 nitrogen and oxygen atoms in total. The van der Waals surface area contributed by atoms with Crippen molar-refractivity contribution in [2.24, 2.45) is 0 Å². The van der Waals surface area contributed by atoms with Gasteiger partial charge in [0.2, 0.25) is 5.91 Å². The highest BCUT2D eigenvalue weighted by atomic mass is 16.4. The number of amides is 1. The Morgan fingerprint density at radius 3 is 2.74 bits per heavy atom. The lowest BCUT2D eigenvalue weighted by atomic mass is 9.99. The number of aliphatic carboxylic acids is 1. The van der Waals surface area contributed by atoms with E-state index in [4.69, 9.17) is 5.11 Å². The lowest BCUT2D eigenvalue weighted by Crippen LogP contribution is -2.31. The van der Waals surface area contributed by atoms with Crippen LogP contribution in [0.25, 0.3) is 0 Å². The first-order chi connectivity index (χ1) is 9.09. The Labute approximate surface area is 113 Å². The Kier molecular flexibility index (Phi) is 4.20. The topological polar surface area (TPSA) is 57.6 Å². The van der Waals surface area contributed by atoms with Crippen LogP contribution in [-0.2, 0) is 9.59 Å². The van der Waals surface area contributed by atoms with Gasteiger partial charge < -0.3 is 10.0 Å². The molecule has 0 aromatic heterocycles. The summed E-state index contributed by atoms with van der Waals surface area (Å²) in [5.74, 6) is -0.965. The largest absolute Gasteiger partial charge is 0.481 e. The van der Waals surface area contributed by atoms with Gasteiger partial charge in [-0.3, -0.25) is 9.59 Å². The van der Waals surface area contributed by atoms with Gasteiger partial charge in [-0.25, -0.2) is 0 Å². The molecule has 1 heterocycles. The monoisotopic (exact) mass is 261 g/mol. The lowest BCUT2D eigenvalue weighted by Gasteiger charge is -2.26. The van der Waals surface area contributed by atoms with Crippen molar-refractivity contribution in [2.75, 3.05) is 6.54 Å². The van der Waals surface area contributed by atoms with Crippen molar-refractivity contribution >= 4 is 11.9 Å². The van der Waals surface area contributed by atoms with Gasteiger partial charge in [-0.2, -0.15) is 0 Å². The number of carbonyl (C=O) groups excluding carboxylic acids is 1. The van der Waals surface area contributed by atoms with Gasteiger partial charge in [-0.05, 0) is 30.9 Å². The van der Waals surface area contributed by atoms with Crippen LogP contribution in [0.15, 0.2) is 24.3 Å². The number of aryl methyl sites for hydroxylation is 1. The second kappa shape index (κ2) is 5.87. The van der Waals surface area contributed by atoms with E-state index in [9.17, 15) is 9.59 Å². The van der Waals surface area contributed by atoms with E-state index in [0.29, 0.717) is 0 Å².